The molecule has 0 unspecified atom stereocenters. The Morgan fingerprint density at radius 1 is 0.300 bits per heavy atom. The van der Waals surface area contributed by atoms with Crippen molar-refractivity contribution in [3.05, 3.63) is 0 Å². The molecule has 690 valence electrons. The zero-order valence-corrected chi connectivity index (χ0v) is 65.1. The zero-order valence-electron chi connectivity index (χ0n) is 65.1. The van der Waals surface area contributed by atoms with Crippen LogP contribution in [0.15, 0.2) is 0 Å². The fourth-order valence-corrected chi connectivity index (χ4v) is 15.5. The van der Waals surface area contributed by atoms with Crippen molar-refractivity contribution in [2.45, 2.75) is 294 Å². The van der Waals surface area contributed by atoms with Gasteiger partial charge in [-0.05, 0) is 41.9 Å². The molecule has 3 aliphatic carbocycles. The molecule has 0 spiro atoms. The van der Waals surface area contributed by atoms with Crippen LogP contribution in [-0.4, -0.2) is 477 Å². The lowest BCUT2D eigenvalue weighted by molar-refractivity contribution is -0.314. The number of nitrogens with one attached hydrogen (secondary N) is 15. The van der Waals surface area contributed by atoms with E-state index in [4.69, 9.17) is 124 Å². The highest BCUT2D eigenvalue weighted by Gasteiger charge is 2.66. The van der Waals surface area contributed by atoms with E-state index in [2.05, 4.69) is 47.9 Å². The number of aldehydes is 3. The molecule has 45 atom stereocenters. The fourth-order valence-electron chi connectivity index (χ4n) is 15.5. The normalized spacial score (nSPS) is 47.4. The molecule has 6 saturated heterocycles. The number of rotatable bonds is 27. The molecule has 0 aromatic heterocycles. The van der Waals surface area contributed by atoms with Crippen LogP contribution in [0.5, 0.6) is 0 Å². The van der Waals surface area contributed by atoms with E-state index in [1.807, 2.05) is 0 Å². The quantitative estimate of drug-likeness (QED) is 0.0206. The smallest absolute Gasteiger partial charge is 0.188 e. The molecule has 48 N–H and O–H groups in total. The van der Waals surface area contributed by atoms with Gasteiger partial charge in [-0.15, -0.1) is 0 Å². The predicted molar refractivity (Wildman–Crippen MR) is 394 cm³/mol. The van der Waals surface area contributed by atoms with Gasteiger partial charge in [-0.3, -0.25) is 46.8 Å². The van der Waals surface area contributed by atoms with Crippen LogP contribution >= 0.6 is 0 Å². The Hall–Kier alpha value is -6.81. The van der Waals surface area contributed by atoms with Gasteiger partial charge in [0.1, 0.15) is 128 Å². The van der Waals surface area contributed by atoms with E-state index in [0.29, 0.717) is 0 Å². The van der Waals surface area contributed by atoms with Gasteiger partial charge in [0.05, 0.1) is 111 Å². The molecule has 9 rings (SSSR count). The summed E-state index contributed by atoms with van der Waals surface area (Å²) in [7, 11) is 4.24. The molecule has 6 heterocycles. The summed E-state index contributed by atoms with van der Waals surface area (Å²) in [6.07, 6.45) is -51.8. The van der Waals surface area contributed by atoms with Crippen molar-refractivity contribution < 1.29 is 178 Å². The van der Waals surface area contributed by atoms with E-state index in [9.17, 15) is 122 Å². The summed E-state index contributed by atoms with van der Waals surface area (Å²) < 4.78 is 68.8. The number of aliphatic hydroxyl groups excluding tert-OH is 18. The minimum atomic E-state index is -2.39. The molecule has 0 radical (unpaired) electrons. The van der Waals surface area contributed by atoms with Crippen LogP contribution in [0.2, 0.25) is 0 Å². The predicted octanol–water partition coefficient (Wildman–Crippen LogP) is -23.2. The molecule has 0 amide bonds. The largest absolute Gasteiger partial charge is 0.394 e. The van der Waals surface area contributed by atoms with E-state index >= 15 is 0 Å². The molecule has 57 heteroatoms. The maximum Gasteiger partial charge on any atom is 0.188 e. The number of carbonyl (C=O) groups is 3. The molecule has 0 bridgehead atoms. The Morgan fingerprint density at radius 2 is 0.492 bits per heavy atom. The Balaban J connectivity index is 0.000000248. The van der Waals surface area contributed by atoms with E-state index in [0.717, 1.165) is 0 Å². The summed E-state index contributed by atoms with van der Waals surface area (Å²) in [5, 5.41) is 289. The van der Waals surface area contributed by atoms with Crippen molar-refractivity contribution in [1.82, 2.24) is 47.9 Å². The monoisotopic (exact) mass is 1740 g/mol. The maximum absolute atomic E-state index is 12.1. The molecular formula is C63H117N21O36. The van der Waals surface area contributed by atoms with Crippen molar-refractivity contribution in [1.29, 1.82) is 32.5 Å². The highest BCUT2D eigenvalue weighted by atomic mass is 16.8. The van der Waals surface area contributed by atoms with E-state index in [1.54, 1.807) is 0 Å². The van der Waals surface area contributed by atoms with Crippen LogP contribution in [0.4, 0.5) is 0 Å². The van der Waals surface area contributed by atoms with E-state index < -0.39 is 329 Å². The SMILES string of the molecule is CN[C@@H]1[C@H](O[C@H]2[C@H](O[C@H]3[C@H](O)[C@@H](O)[C@H](NC(=N)N)[C@@H](O)[C@@H]3NC(=N)N)O[C@@H](C)[C@]2(O)C=O)O[C@@H](CO)[C@H](O)[C@H]1O.CN[C@@H]1[C@H](O[C@H]2[C@H](O[C@H]3[C@H](O)[C@@H](O)[C@H](NC(=N)N)[C@@H](O)[C@@H]3NC(=N)N)O[C@@H](C)[C@]2(O)C=O)O[C@@H](CO)[C@H](O)[C@H]1O.CN[C@@H]1[C@H](O[C@H]2[C@H](O[C@H]3[C@H](O)[C@@H](O)[C@H](NC(=N)N)[C@@H](O)[C@@H]3NC(=N)N)O[C@@H](C)[C@]2(O)C=O)O[C@@H](CO)[C@H](O)[C@H]1O. The third-order valence-electron chi connectivity index (χ3n) is 22.4. The summed E-state index contributed by atoms with van der Waals surface area (Å²) in [5.74, 6) is -3.86. The lowest BCUT2D eigenvalue weighted by atomic mass is 9.81. The Labute approximate surface area is 681 Å². The number of carbonyl (C=O) groups excluding carboxylic acids is 3. The van der Waals surface area contributed by atoms with Gasteiger partial charge >= 0.3 is 0 Å². The van der Waals surface area contributed by atoms with Crippen LogP contribution in [0, 0.1) is 32.5 Å². The average molecular weight is 1740 g/mol. The maximum atomic E-state index is 12.1. The van der Waals surface area contributed by atoms with E-state index in [1.165, 1.54) is 41.9 Å². The highest BCUT2D eigenvalue weighted by Crippen LogP contribution is 2.43. The molecule has 120 heavy (non-hydrogen) atoms. The molecule has 3 saturated carbocycles. The number of guanidine groups is 6. The summed E-state index contributed by atoms with van der Waals surface area (Å²) in [6.45, 7) is 1.84. The lowest BCUT2D eigenvalue weighted by Gasteiger charge is -2.47. The second-order valence-electron chi connectivity index (χ2n) is 29.9. The van der Waals surface area contributed by atoms with Gasteiger partial charge in [0, 0.05) is 0 Å². The van der Waals surface area contributed by atoms with Crippen LogP contribution < -0.4 is 82.3 Å². The van der Waals surface area contributed by atoms with Crippen LogP contribution in [0.25, 0.3) is 0 Å². The average Bonchev–Trinajstić information content (AvgIpc) is 1.53. The van der Waals surface area contributed by atoms with Crippen molar-refractivity contribution in [3.63, 3.8) is 0 Å². The minimum absolute atomic E-state index is 0.136. The van der Waals surface area contributed by atoms with Crippen LogP contribution in [0.3, 0.4) is 0 Å². The van der Waals surface area contributed by atoms with Gasteiger partial charge in [0.15, 0.2) is 109 Å². The van der Waals surface area contributed by atoms with Crippen molar-refractivity contribution in [3.8, 4) is 0 Å². The molecular weight excluding hydrogens is 1630 g/mol. The first-order valence-electron chi connectivity index (χ1n) is 37.2. The summed E-state index contributed by atoms with van der Waals surface area (Å²) in [4.78, 5) is 36.2. The van der Waals surface area contributed by atoms with Gasteiger partial charge in [-0.2, -0.15) is 0 Å². The Bertz CT molecular complexity index is 3100. The number of ether oxygens (including phenoxy) is 12. The van der Waals surface area contributed by atoms with Crippen molar-refractivity contribution >= 4 is 54.6 Å². The number of nitrogens with two attached hydrogens (primary N) is 6. The van der Waals surface area contributed by atoms with Gasteiger partial charge in [0.25, 0.3) is 0 Å². The summed E-state index contributed by atoms with van der Waals surface area (Å²) >= 11 is 0. The fraction of sp³-hybridized carbons (Fsp3) is 0.857. The third-order valence-corrected chi connectivity index (χ3v) is 22.4. The van der Waals surface area contributed by atoms with Crippen LogP contribution in [-0.2, 0) is 71.2 Å². The zero-order chi connectivity index (χ0) is 90.3. The topological polar surface area (TPSA) is 994 Å². The van der Waals surface area contributed by atoms with Gasteiger partial charge in [0.2, 0.25) is 0 Å². The Morgan fingerprint density at radius 3 is 0.667 bits per heavy atom. The first-order valence-corrected chi connectivity index (χ1v) is 37.2. The molecule has 0 aromatic carbocycles. The summed E-state index contributed by atoms with van der Waals surface area (Å²) in [5.41, 5.74) is 25.1. The number of hydrogen-bond donors (Lipinski definition) is 42. The van der Waals surface area contributed by atoms with Gasteiger partial charge in [-0.25, -0.2) is 0 Å². The standard InChI is InChI=1S/3C21H39N7O12/c3*1-5-21(36,4-30)16(40-17-9(26-2)13(34)10(31)6(3-29)38-17)18(37-5)39-15-8(28-20(24)25)11(32)7(27-19(22)23)12(33)14(15)35/h3*4-18,26,29,31-36H,3H2,1-2H3,(H4,22,23,27)(H4,24,25,28)/t3*5-,6-,7+,8-,9-,10-,11+,12-,13-,14+,15+,16-,17-,18-,21+/m000/s1. The molecule has 0 aromatic rings. The molecule has 6 aliphatic heterocycles. The van der Waals surface area contributed by atoms with Crippen molar-refractivity contribution in [2.24, 2.45) is 34.4 Å². The first-order chi connectivity index (χ1) is 56.1. The van der Waals surface area contributed by atoms with E-state index in [-0.39, 0.29) is 18.9 Å². The Kier molecular flexibility index (Phi) is 34.9. The van der Waals surface area contributed by atoms with Crippen LogP contribution in [0.1, 0.15) is 20.8 Å². The lowest BCUT2D eigenvalue weighted by Crippen LogP contribution is -2.73. The second-order valence-corrected chi connectivity index (χ2v) is 29.9. The van der Waals surface area contributed by atoms with Gasteiger partial charge in [-0.1, -0.05) is 0 Å². The number of hydrogen-bond acceptors (Lipinski definition) is 45. The second kappa shape index (κ2) is 41.8. The van der Waals surface area contributed by atoms with Gasteiger partial charge < -0.3 is 246 Å². The molecule has 57 nitrogen and oxygen atoms in total. The van der Waals surface area contributed by atoms with Crippen molar-refractivity contribution in [2.75, 3.05) is 41.0 Å². The number of likely N-dealkylation sites (N-methyl/N-ethyl adjacent to an activating group) is 3. The molecule has 9 fully saturated rings. The molecule has 9 aliphatic rings. The first kappa shape index (κ1) is 100. The minimum Gasteiger partial charge on any atom is -0.394 e. The highest BCUT2D eigenvalue weighted by molar-refractivity contribution is 5.78. The summed E-state index contributed by atoms with van der Waals surface area (Å²) in [6, 6.07) is -11.9. The number of aliphatic hydroxyl groups is 21. The third kappa shape index (κ3) is 20.9.